The molecule has 0 aliphatic carbocycles. The number of hydrogen-bond donors (Lipinski definition) is 2. The van der Waals surface area contributed by atoms with Crippen molar-refractivity contribution in [2.75, 3.05) is 0 Å². The fraction of sp³-hybridized carbons (Fsp3) is 0.600. The highest BCUT2D eigenvalue weighted by Gasteiger charge is 2.06. The summed E-state index contributed by atoms with van der Waals surface area (Å²) < 4.78 is 0. The van der Waals surface area contributed by atoms with Crippen LogP contribution in [0.2, 0.25) is 0 Å². The van der Waals surface area contributed by atoms with Gasteiger partial charge in [-0.1, -0.05) is 25.0 Å². The summed E-state index contributed by atoms with van der Waals surface area (Å²) in [6.07, 6.45) is 11.7. The third kappa shape index (κ3) is 6.94. The molecule has 0 fully saturated rings. The van der Waals surface area contributed by atoms with Gasteiger partial charge in [-0.25, -0.2) is 0 Å². The third-order valence-electron chi connectivity index (χ3n) is 3.25. The van der Waals surface area contributed by atoms with Crippen molar-refractivity contribution < 1.29 is 0 Å². The second kappa shape index (κ2) is 10.3. The highest BCUT2D eigenvalue weighted by atomic mass is 32.1. The normalized spacial score (nSPS) is 12.5. The topological polar surface area (TPSA) is 38.0 Å². The van der Waals surface area contributed by atoms with E-state index < -0.39 is 0 Å². The van der Waals surface area contributed by atoms with E-state index in [1.807, 2.05) is 17.4 Å². The van der Waals surface area contributed by atoms with Gasteiger partial charge in [0.15, 0.2) is 0 Å². The predicted octanol–water partition coefficient (Wildman–Crippen LogP) is 4.04. The Balaban J connectivity index is 2.04. The van der Waals surface area contributed by atoms with Gasteiger partial charge < -0.3 is 0 Å². The highest BCUT2D eigenvalue weighted by molar-refractivity contribution is 7.09. The minimum atomic E-state index is 0.480. The van der Waals surface area contributed by atoms with Crippen molar-refractivity contribution in [3.05, 3.63) is 35.0 Å². The number of nitrogens with one attached hydrogen (secondary N) is 1. The number of hydrogen-bond acceptors (Lipinski definition) is 3. The maximum absolute atomic E-state index is 5.61. The Hall–Kier alpha value is -0.640. The first-order valence-corrected chi connectivity index (χ1v) is 7.84. The number of hydrazine groups is 1. The van der Waals surface area contributed by atoms with Crippen LogP contribution in [0.4, 0.5) is 0 Å². The van der Waals surface area contributed by atoms with Crippen molar-refractivity contribution in [1.82, 2.24) is 5.43 Å². The first-order valence-electron chi connectivity index (χ1n) is 6.96. The number of allylic oxidation sites excluding steroid dienone is 1. The van der Waals surface area contributed by atoms with Crippen LogP contribution in [0.25, 0.3) is 0 Å². The number of nitrogens with two attached hydrogens (primary N) is 1. The van der Waals surface area contributed by atoms with Crippen LogP contribution < -0.4 is 11.3 Å². The van der Waals surface area contributed by atoms with Crippen LogP contribution >= 0.6 is 11.3 Å². The van der Waals surface area contributed by atoms with E-state index in [4.69, 9.17) is 5.84 Å². The lowest BCUT2D eigenvalue weighted by Gasteiger charge is -2.15. The van der Waals surface area contributed by atoms with Gasteiger partial charge in [0.2, 0.25) is 0 Å². The lowest BCUT2D eigenvalue weighted by Crippen LogP contribution is -2.35. The Bertz CT molecular complexity index is 295. The van der Waals surface area contributed by atoms with Crippen molar-refractivity contribution in [3.8, 4) is 0 Å². The molecule has 1 atom stereocenters. The average molecular weight is 266 g/mol. The molecule has 1 rings (SSSR count). The molecule has 0 saturated heterocycles. The van der Waals surface area contributed by atoms with Crippen LogP contribution in [-0.4, -0.2) is 6.04 Å². The summed E-state index contributed by atoms with van der Waals surface area (Å²) in [5.74, 6) is 5.61. The van der Waals surface area contributed by atoms with Crippen molar-refractivity contribution >= 4 is 11.3 Å². The van der Waals surface area contributed by atoms with Crippen molar-refractivity contribution in [3.63, 3.8) is 0 Å². The molecule has 0 aliphatic heterocycles. The van der Waals surface area contributed by atoms with Gasteiger partial charge in [0.05, 0.1) is 0 Å². The van der Waals surface area contributed by atoms with Crippen LogP contribution in [0, 0.1) is 0 Å². The molecule has 0 amide bonds. The highest BCUT2D eigenvalue weighted by Crippen LogP contribution is 2.15. The van der Waals surface area contributed by atoms with Crippen molar-refractivity contribution in [2.24, 2.45) is 5.84 Å². The molecule has 1 aromatic rings. The fourth-order valence-corrected chi connectivity index (χ4v) is 2.90. The lowest BCUT2D eigenvalue weighted by atomic mass is 10.0. The van der Waals surface area contributed by atoms with Crippen LogP contribution in [0.5, 0.6) is 0 Å². The molecule has 0 aliphatic rings. The van der Waals surface area contributed by atoms with Gasteiger partial charge in [0.1, 0.15) is 0 Å². The molecule has 3 heteroatoms. The zero-order valence-corrected chi connectivity index (χ0v) is 12.1. The summed E-state index contributed by atoms with van der Waals surface area (Å²) in [5, 5.41) is 2.15. The number of unbranched alkanes of at least 4 members (excludes halogenated alkanes) is 3. The van der Waals surface area contributed by atoms with Gasteiger partial charge in [-0.3, -0.25) is 11.3 Å². The maximum Gasteiger partial charge on any atom is 0.0210 e. The van der Waals surface area contributed by atoms with Crippen LogP contribution in [-0.2, 0) is 6.42 Å². The van der Waals surface area contributed by atoms with E-state index >= 15 is 0 Å². The minimum Gasteiger partial charge on any atom is -0.271 e. The maximum atomic E-state index is 5.61. The Morgan fingerprint density at radius 1 is 1.28 bits per heavy atom. The Morgan fingerprint density at radius 2 is 2.11 bits per heavy atom. The molecule has 0 radical (unpaired) electrons. The summed E-state index contributed by atoms with van der Waals surface area (Å²) in [7, 11) is 0. The van der Waals surface area contributed by atoms with Crippen LogP contribution in [0.15, 0.2) is 30.2 Å². The quantitative estimate of drug-likeness (QED) is 0.274. The van der Waals surface area contributed by atoms with E-state index in [-0.39, 0.29) is 0 Å². The molecule has 1 heterocycles. The zero-order valence-electron chi connectivity index (χ0n) is 11.2. The number of thiophene rings is 1. The van der Waals surface area contributed by atoms with Gasteiger partial charge in [-0.05, 0) is 50.0 Å². The number of rotatable bonds is 11. The van der Waals surface area contributed by atoms with Gasteiger partial charge in [-0.15, -0.1) is 17.9 Å². The average Bonchev–Trinajstić information content (AvgIpc) is 2.89. The smallest absolute Gasteiger partial charge is 0.0210 e. The van der Waals surface area contributed by atoms with E-state index in [0.717, 1.165) is 6.42 Å². The largest absolute Gasteiger partial charge is 0.271 e. The monoisotopic (exact) mass is 266 g/mol. The van der Waals surface area contributed by atoms with Gasteiger partial charge in [-0.2, -0.15) is 0 Å². The molecule has 0 spiro atoms. The van der Waals surface area contributed by atoms with E-state index in [9.17, 15) is 0 Å². The van der Waals surface area contributed by atoms with E-state index in [1.165, 1.54) is 49.8 Å². The molecule has 2 nitrogen and oxygen atoms in total. The zero-order chi connectivity index (χ0) is 13.1. The Morgan fingerprint density at radius 3 is 2.78 bits per heavy atom. The molecule has 1 aromatic heterocycles. The standard InChI is InChI=1S/C15H26N2S/c1-2-3-4-5-6-9-14(17-16)10-7-11-15-12-8-13-18-15/h2,8,12-14,17H,1,3-7,9-11,16H2. The molecule has 102 valence electrons. The van der Waals surface area contributed by atoms with Gasteiger partial charge >= 0.3 is 0 Å². The van der Waals surface area contributed by atoms with Crippen molar-refractivity contribution in [2.45, 2.75) is 57.4 Å². The second-order valence-electron chi connectivity index (χ2n) is 4.76. The van der Waals surface area contributed by atoms with E-state index in [1.54, 1.807) is 0 Å². The summed E-state index contributed by atoms with van der Waals surface area (Å²) >= 11 is 1.85. The molecular formula is C15H26N2S. The minimum absolute atomic E-state index is 0.480. The number of aryl methyl sites for hydroxylation is 1. The Labute approximate surface area is 115 Å². The second-order valence-corrected chi connectivity index (χ2v) is 5.79. The fourth-order valence-electron chi connectivity index (χ4n) is 2.14. The van der Waals surface area contributed by atoms with E-state index in [2.05, 4.69) is 29.5 Å². The summed E-state index contributed by atoms with van der Waals surface area (Å²) in [5.41, 5.74) is 2.96. The molecule has 3 N–H and O–H groups in total. The summed E-state index contributed by atoms with van der Waals surface area (Å²) in [6.45, 7) is 3.74. The van der Waals surface area contributed by atoms with Crippen LogP contribution in [0.1, 0.15) is 49.8 Å². The van der Waals surface area contributed by atoms with Crippen molar-refractivity contribution in [1.29, 1.82) is 0 Å². The first-order chi connectivity index (χ1) is 8.86. The molecular weight excluding hydrogens is 240 g/mol. The molecule has 0 bridgehead atoms. The summed E-state index contributed by atoms with van der Waals surface area (Å²) in [4.78, 5) is 1.48. The molecule has 0 aromatic carbocycles. The van der Waals surface area contributed by atoms with Crippen LogP contribution in [0.3, 0.4) is 0 Å². The Kier molecular flexibility index (Phi) is 8.82. The SMILES string of the molecule is C=CCCCCCC(CCCc1cccs1)NN. The first kappa shape index (κ1) is 15.4. The predicted molar refractivity (Wildman–Crippen MR) is 81.7 cm³/mol. The van der Waals surface area contributed by atoms with Gasteiger partial charge in [0.25, 0.3) is 0 Å². The molecule has 0 saturated carbocycles. The van der Waals surface area contributed by atoms with E-state index in [0.29, 0.717) is 6.04 Å². The lowest BCUT2D eigenvalue weighted by molar-refractivity contribution is 0.432. The molecule has 18 heavy (non-hydrogen) atoms. The molecule has 1 unspecified atom stereocenters. The third-order valence-corrected chi connectivity index (χ3v) is 4.19. The summed E-state index contributed by atoms with van der Waals surface area (Å²) in [6, 6.07) is 4.82. The van der Waals surface area contributed by atoms with Gasteiger partial charge in [0, 0.05) is 10.9 Å².